The first kappa shape index (κ1) is 34.9. The molecular formula is C48H27Cl3N6. The van der Waals surface area contributed by atoms with Gasteiger partial charge in [0.25, 0.3) is 0 Å². The monoisotopic (exact) mass is 792 g/mol. The number of hydrogen-bond donors (Lipinski definition) is 0. The molecule has 0 radical (unpaired) electrons. The molecule has 10 rings (SSSR count). The largest absolute Gasteiger partial charge is 0.247 e. The van der Waals surface area contributed by atoms with Gasteiger partial charge in [-0.1, -0.05) is 89.4 Å². The van der Waals surface area contributed by atoms with Crippen LogP contribution in [0.4, 0.5) is 0 Å². The van der Waals surface area contributed by atoms with Crippen LogP contribution in [0.3, 0.4) is 0 Å². The summed E-state index contributed by atoms with van der Waals surface area (Å²) in [6.07, 6.45) is 4.05. The summed E-state index contributed by atoms with van der Waals surface area (Å²) in [7, 11) is 0. The first-order valence-electron chi connectivity index (χ1n) is 18.2. The van der Waals surface area contributed by atoms with E-state index in [4.69, 9.17) is 64.7 Å². The molecule has 270 valence electrons. The standard InChI is InChI=1S/C48H27Cl3N6/c49-33-16-10-28(11-17-33)31-22-44-38-5-1-4-36(52-38)26-43-37(30-14-20-35(51)21-15-30)27-48(55-43)42-9-3-8-41(54-42)47-25-32(29-12-18-34(50)19-13-29)24-46(57-47)40-7-2-6-39(53-40)45(23-31)56-44/h1-27H. The van der Waals surface area contributed by atoms with Gasteiger partial charge in [0, 0.05) is 20.6 Å². The van der Waals surface area contributed by atoms with Crippen LogP contribution in [0.5, 0.6) is 0 Å². The SMILES string of the molecule is Clc1ccc(C2=CC3=NC2=Cc2cccc(n2)-c2cc(-c4ccc(Cl)cc4)cc(n2)-c2cccc(n2)-c2cc(-c4ccc(Cl)cc4)cc(n2)-c2cccc3n2)cc1. The van der Waals surface area contributed by atoms with E-state index in [-0.39, 0.29) is 0 Å². The van der Waals surface area contributed by atoms with E-state index in [1.807, 2.05) is 158 Å². The number of allylic oxidation sites excluding steroid dienone is 2. The molecule has 0 unspecified atom stereocenters. The van der Waals surface area contributed by atoms with Crippen molar-refractivity contribution < 1.29 is 0 Å². The summed E-state index contributed by atoms with van der Waals surface area (Å²) in [5, 5.41) is 1.97. The van der Waals surface area contributed by atoms with Gasteiger partial charge in [-0.15, -0.1) is 0 Å². The number of rotatable bonds is 3. The molecule has 0 saturated heterocycles. The van der Waals surface area contributed by atoms with Gasteiger partial charge in [0.05, 0.1) is 68.3 Å². The number of halogens is 3. The van der Waals surface area contributed by atoms with Crippen LogP contribution in [-0.2, 0) is 0 Å². The fraction of sp³-hybridized carbons (Fsp3) is 0. The van der Waals surface area contributed by atoms with Crippen molar-refractivity contribution in [1.82, 2.24) is 24.9 Å². The Labute approximate surface area is 343 Å². The van der Waals surface area contributed by atoms with Gasteiger partial charge in [-0.05, 0) is 137 Å². The van der Waals surface area contributed by atoms with Gasteiger partial charge in [-0.2, -0.15) is 0 Å². The molecule has 0 saturated carbocycles. The fourth-order valence-electron chi connectivity index (χ4n) is 6.99. The summed E-state index contributed by atoms with van der Waals surface area (Å²) < 4.78 is 0. The highest BCUT2D eigenvalue weighted by atomic mass is 35.5. The molecule has 0 spiro atoms. The Morgan fingerprint density at radius 3 is 1.19 bits per heavy atom. The van der Waals surface area contributed by atoms with Crippen molar-refractivity contribution in [3.63, 3.8) is 0 Å². The molecule has 0 N–H and O–H groups in total. The minimum atomic E-state index is 0.655. The summed E-state index contributed by atoms with van der Waals surface area (Å²) in [4.78, 5) is 31.0. The molecule has 9 heteroatoms. The molecule has 5 aromatic heterocycles. The molecule has 2 aliphatic rings. The van der Waals surface area contributed by atoms with Crippen molar-refractivity contribution in [3.05, 3.63) is 195 Å². The first-order chi connectivity index (χ1) is 27.9. The molecule has 0 amide bonds. The third kappa shape index (κ3) is 7.07. The number of hydrogen-bond acceptors (Lipinski definition) is 6. The van der Waals surface area contributed by atoms with E-state index in [1.54, 1.807) is 0 Å². The second-order valence-electron chi connectivity index (χ2n) is 13.6. The molecule has 0 atom stereocenters. The number of nitrogens with zero attached hydrogens (tertiary/aromatic N) is 6. The van der Waals surface area contributed by atoms with E-state index in [0.717, 1.165) is 44.8 Å². The van der Waals surface area contributed by atoms with Gasteiger partial charge < -0.3 is 0 Å². The average Bonchev–Trinajstić information content (AvgIpc) is 3.67. The minimum Gasteiger partial charge on any atom is -0.247 e. The van der Waals surface area contributed by atoms with Gasteiger partial charge >= 0.3 is 0 Å². The third-order valence-corrected chi connectivity index (χ3v) is 10.6. The summed E-state index contributed by atoms with van der Waals surface area (Å²) in [5.74, 6) is 0. The zero-order valence-electron chi connectivity index (χ0n) is 29.9. The van der Waals surface area contributed by atoms with Crippen LogP contribution in [-0.4, -0.2) is 30.6 Å². The van der Waals surface area contributed by atoms with Crippen LogP contribution in [0.1, 0.15) is 17.0 Å². The van der Waals surface area contributed by atoms with Crippen molar-refractivity contribution in [3.8, 4) is 67.8 Å². The zero-order valence-corrected chi connectivity index (χ0v) is 32.2. The Morgan fingerprint density at radius 2 is 0.702 bits per heavy atom. The van der Waals surface area contributed by atoms with E-state index in [2.05, 4.69) is 6.08 Å². The maximum Gasteiger partial charge on any atom is 0.0900 e. The second-order valence-corrected chi connectivity index (χ2v) is 14.9. The number of aromatic nitrogens is 5. The Morgan fingerprint density at radius 1 is 0.316 bits per heavy atom. The summed E-state index contributed by atoms with van der Waals surface area (Å²) in [6, 6.07) is 49.2. The lowest BCUT2D eigenvalue weighted by Crippen LogP contribution is -2.01. The molecule has 12 bridgehead atoms. The molecule has 2 aliphatic heterocycles. The maximum absolute atomic E-state index is 6.32. The highest BCUT2D eigenvalue weighted by Gasteiger charge is 2.21. The van der Waals surface area contributed by atoms with E-state index >= 15 is 0 Å². The van der Waals surface area contributed by atoms with E-state index in [1.165, 1.54) is 0 Å². The quantitative estimate of drug-likeness (QED) is 0.178. The molecular weight excluding hydrogens is 767 g/mol. The zero-order chi connectivity index (χ0) is 38.5. The summed E-state index contributed by atoms with van der Waals surface area (Å²) in [6.45, 7) is 0. The Balaban J connectivity index is 1.24. The third-order valence-electron chi connectivity index (χ3n) is 9.82. The van der Waals surface area contributed by atoms with Crippen LogP contribution in [0.15, 0.2) is 168 Å². The molecule has 0 fully saturated rings. The second kappa shape index (κ2) is 14.5. The smallest absolute Gasteiger partial charge is 0.0900 e. The van der Waals surface area contributed by atoms with Crippen molar-refractivity contribution in [2.45, 2.75) is 0 Å². The van der Waals surface area contributed by atoms with E-state index < -0.39 is 0 Å². The predicted octanol–water partition coefficient (Wildman–Crippen LogP) is 12.9. The van der Waals surface area contributed by atoms with Crippen LogP contribution in [0.2, 0.25) is 15.1 Å². The maximum atomic E-state index is 6.32. The van der Waals surface area contributed by atoms with Crippen LogP contribution < -0.4 is 0 Å². The lowest BCUT2D eigenvalue weighted by atomic mass is 10.0. The average molecular weight is 794 g/mol. The van der Waals surface area contributed by atoms with Gasteiger partial charge in [-0.3, -0.25) is 0 Å². The Bertz CT molecular complexity index is 2970. The van der Waals surface area contributed by atoms with E-state index in [0.29, 0.717) is 72.0 Å². The summed E-state index contributed by atoms with van der Waals surface area (Å²) in [5.41, 5.74) is 14.2. The molecule has 57 heavy (non-hydrogen) atoms. The first-order valence-corrected chi connectivity index (χ1v) is 19.3. The van der Waals surface area contributed by atoms with Crippen LogP contribution in [0.25, 0.3) is 79.5 Å². The fourth-order valence-corrected chi connectivity index (χ4v) is 7.37. The van der Waals surface area contributed by atoms with Crippen molar-refractivity contribution in [1.29, 1.82) is 0 Å². The number of benzene rings is 3. The topological polar surface area (TPSA) is 76.8 Å². The van der Waals surface area contributed by atoms with Gasteiger partial charge in [0.1, 0.15) is 0 Å². The predicted molar refractivity (Wildman–Crippen MR) is 232 cm³/mol. The van der Waals surface area contributed by atoms with Crippen molar-refractivity contribution >= 4 is 52.2 Å². The van der Waals surface area contributed by atoms with E-state index in [9.17, 15) is 0 Å². The Kier molecular flexibility index (Phi) is 8.87. The molecule has 0 aliphatic carbocycles. The Hall–Kier alpha value is -6.57. The lowest BCUT2D eigenvalue weighted by Gasteiger charge is -2.12. The molecule has 8 aromatic rings. The lowest BCUT2D eigenvalue weighted by molar-refractivity contribution is 1.19. The minimum absolute atomic E-state index is 0.655. The van der Waals surface area contributed by atoms with Crippen LogP contribution in [0, 0.1) is 0 Å². The van der Waals surface area contributed by atoms with Crippen LogP contribution >= 0.6 is 34.8 Å². The van der Waals surface area contributed by atoms with Gasteiger partial charge in [0.15, 0.2) is 0 Å². The molecule has 3 aromatic carbocycles. The van der Waals surface area contributed by atoms with Gasteiger partial charge in [0.2, 0.25) is 0 Å². The van der Waals surface area contributed by atoms with Crippen molar-refractivity contribution in [2.24, 2.45) is 4.99 Å². The molecule has 7 heterocycles. The summed E-state index contributed by atoms with van der Waals surface area (Å²) >= 11 is 18.9. The number of fused-ring (bicyclic) bond motifs is 16. The number of pyridine rings is 5. The highest BCUT2D eigenvalue weighted by molar-refractivity contribution is 6.31. The van der Waals surface area contributed by atoms with Gasteiger partial charge in [-0.25, -0.2) is 29.9 Å². The normalized spacial score (nSPS) is 12.8. The highest BCUT2D eigenvalue weighted by Crippen LogP contribution is 2.36. The molecule has 6 nitrogen and oxygen atoms in total. The number of aliphatic imine (C=N–C) groups is 1. The van der Waals surface area contributed by atoms with Crippen molar-refractivity contribution in [2.75, 3.05) is 0 Å².